The Labute approximate surface area is 227 Å². The number of unbranched alkanes of at least 4 members (excludes halogenated alkanes) is 2. The Hall–Kier alpha value is -1.86. The van der Waals surface area contributed by atoms with Crippen molar-refractivity contribution in [3.63, 3.8) is 0 Å². The first-order valence-electron chi connectivity index (χ1n) is 10.7. The zero-order valence-electron chi connectivity index (χ0n) is 20.0. The summed E-state index contributed by atoms with van der Waals surface area (Å²) in [5, 5.41) is 3.27. The van der Waals surface area contributed by atoms with E-state index < -0.39 is 15.9 Å². The van der Waals surface area contributed by atoms with E-state index in [1.54, 1.807) is 24.3 Å². The van der Waals surface area contributed by atoms with E-state index in [1.807, 2.05) is 0 Å². The predicted molar refractivity (Wildman–Crippen MR) is 138 cm³/mol. The summed E-state index contributed by atoms with van der Waals surface area (Å²) >= 11 is 11.7. The highest BCUT2D eigenvalue weighted by Crippen LogP contribution is 2.21. The summed E-state index contributed by atoms with van der Waals surface area (Å²) < 4.78 is 26.5. The molecule has 0 bridgehead atoms. The number of carbonyl (C=O) groups excluding carboxylic acids is 1. The SMILES string of the molecule is C[N+](C)(CCCCCN(c1ccc(Cl)cc1)S(C)(=O)=O)CCNC(=O)c1nc(Cl)c(N)nc1N.[Br-]. The molecular formula is C21H32BrCl2N7O3S. The van der Waals surface area contributed by atoms with Crippen LogP contribution in [0.4, 0.5) is 17.3 Å². The molecule has 0 radical (unpaired) electrons. The predicted octanol–water partition coefficient (Wildman–Crippen LogP) is -0.605. The second-order valence-electron chi connectivity index (χ2n) is 8.64. The molecule has 0 aliphatic heterocycles. The number of quaternary nitrogens is 1. The van der Waals surface area contributed by atoms with Crippen molar-refractivity contribution in [1.82, 2.24) is 15.3 Å². The van der Waals surface area contributed by atoms with E-state index in [9.17, 15) is 13.2 Å². The highest BCUT2D eigenvalue weighted by Gasteiger charge is 2.20. The topological polar surface area (TPSA) is 144 Å². The van der Waals surface area contributed by atoms with Gasteiger partial charge in [0, 0.05) is 11.6 Å². The lowest BCUT2D eigenvalue weighted by Crippen LogP contribution is -3.00. The molecule has 0 aliphatic rings. The fraction of sp³-hybridized carbons (Fsp3) is 0.476. The Morgan fingerprint density at radius 3 is 2.26 bits per heavy atom. The number of nitrogens with one attached hydrogen (secondary N) is 1. The van der Waals surface area contributed by atoms with Crippen molar-refractivity contribution >= 4 is 56.5 Å². The van der Waals surface area contributed by atoms with Crippen LogP contribution in [0.5, 0.6) is 0 Å². The molecule has 2 rings (SSSR count). The molecule has 1 aromatic heterocycles. The Morgan fingerprint density at radius 2 is 1.66 bits per heavy atom. The number of hydrogen-bond acceptors (Lipinski definition) is 7. The normalized spacial score (nSPS) is 11.6. The van der Waals surface area contributed by atoms with Gasteiger partial charge in [0.1, 0.15) is 0 Å². The highest BCUT2D eigenvalue weighted by molar-refractivity contribution is 7.92. The summed E-state index contributed by atoms with van der Waals surface area (Å²) in [7, 11) is 0.748. The number of halogens is 3. The van der Waals surface area contributed by atoms with E-state index in [2.05, 4.69) is 29.4 Å². The lowest BCUT2D eigenvalue weighted by Gasteiger charge is -2.30. The number of sulfonamides is 1. The van der Waals surface area contributed by atoms with E-state index in [-0.39, 0.29) is 39.5 Å². The molecule has 196 valence electrons. The third-order valence-electron chi connectivity index (χ3n) is 5.26. The minimum atomic E-state index is -3.39. The summed E-state index contributed by atoms with van der Waals surface area (Å²) in [6, 6.07) is 6.76. The third kappa shape index (κ3) is 9.96. The van der Waals surface area contributed by atoms with Crippen LogP contribution in [0.1, 0.15) is 29.8 Å². The molecule has 0 saturated carbocycles. The third-order valence-corrected chi connectivity index (χ3v) is 6.99. The molecule has 0 aliphatic carbocycles. The maximum atomic E-state index is 12.3. The number of amides is 1. The van der Waals surface area contributed by atoms with Crippen LogP contribution >= 0.6 is 23.2 Å². The summed E-state index contributed by atoms with van der Waals surface area (Å²) in [6.45, 7) is 2.36. The quantitative estimate of drug-likeness (QED) is 0.214. The molecule has 10 nitrogen and oxygen atoms in total. The molecule has 0 fully saturated rings. The number of rotatable bonds is 12. The second-order valence-corrected chi connectivity index (χ2v) is 11.3. The fourth-order valence-electron chi connectivity index (χ4n) is 3.34. The molecule has 0 spiro atoms. The van der Waals surface area contributed by atoms with E-state index >= 15 is 0 Å². The number of benzene rings is 1. The zero-order valence-corrected chi connectivity index (χ0v) is 23.9. The molecule has 5 N–H and O–H groups in total. The Kier molecular flexibility index (Phi) is 12.0. The highest BCUT2D eigenvalue weighted by atomic mass is 79.9. The van der Waals surface area contributed by atoms with Gasteiger partial charge in [-0.25, -0.2) is 18.4 Å². The van der Waals surface area contributed by atoms with Crippen molar-refractivity contribution < 1.29 is 34.7 Å². The smallest absolute Gasteiger partial charge is 0.273 e. The van der Waals surface area contributed by atoms with Crippen LogP contribution in [0.25, 0.3) is 0 Å². The largest absolute Gasteiger partial charge is 1.00 e. The van der Waals surface area contributed by atoms with Crippen molar-refractivity contribution in [3.05, 3.63) is 40.1 Å². The van der Waals surface area contributed by atoms with Gasteiger partial charge in [0.25, 0.3) is 5.91 Å². The van der Waals surface area contributed by atoms with Gasteiger partial charge in [0.15, 0.2) is 22.5 Å². The molecule has 0 saturated heterocycles. The number of nitrogens with zero attached hydrogens (tertiary/aromatic N) is 4. The summed E-state index contributed by atoms with van der Waals surface area (Å²) in [5.41, 5.74) is 11.8. The molecular weight excluding hydrogens is 581 g/mol. The van der Waals surface area contributed by atoms with Gasteiger partial charge in [-0.1, -0.05) is 23.2 Å². The molecule has 1 amide bonds. The first kappa shape index (κ1) is 31.2. The number of aromatic nitrogens is 2. The lowest BCUT2D eigenvalue weighted by molar-refractivity contribution is -0.889. The van der Waals surface area contributed by atoms with E-state index in [0.717, 1.165) is 25.8 Å². The number of carbonyl (C=O) groups is 1. The number of nitrogens with two attached hydrogens (primary N) is 2. The molecule has 1 heterocycles. The van der Waals surface area contributed by atoms with E-state index in [4.69, 9.17) is 34.7 Å². The van der Waals surface area contributed by atoms with Crippen LogP contribution in [0.3, 0.4) is 0 Å². The molecule has 14 heteroatoms. The Balaban J connectivity index is 0.00000612. The maximum Gasteiger partial charge on any atom is 0.273 e. The van der Waals surface area contributed by atoms with Gasteiger partial charge in [-0.3, -0.25) is 9.10 Å². The van der Waals surface area contributed by atoms with Gasteiger partial charge in [-0.05, 0) is 43.5 Å². The monoisotopic (exact) mass is 611 g/mol. The average Bonchev–Trinajstić information content (AvgIpc) is 2.73. The van der Waals surface area contributed by atoms with Gasteiger partial charge < -0.3 is 38.2 Å². The lowest BCUT2D eigenvalue weighted by atomic mass is 10.2. The maximum absolute atomic E-state index is 12.3. The average molecular weight is 613 g/mol. The van der Waals surface area contributed by atoms with Crippen LogP contribution in [0.2, 0.25) is 10.2 Å². The standard InChI is InChI=1S/C21H31Cl2N7O3S.BrH/c1-30(2,14-11-26-21(31)17-19(24)28-20(25)18(23)27-17)13-6-4-5-12-29(34(3,32)33)16-9-7-15(22)8-10-16;/h7-10H,4-6,11-14H2,1-3H3,(H4-,24,25,26,28,31);1H. The number of likely N-dealkylation sites (N-methyl/N-ethyl adjacent to an activating group) is 1. The van der Waals surface area contributed by atoms with Gasteiger partial charge in [-0.2, -0.15) is 0 Å². The number of nitrogen functional groups attached to an aromatic ring is 2. The molecule has 2 aromatic rings. The summed E-state index contributed by atoms with van der Waals surface area (Å²) in [4.78, 5) is 20.0. The zero-order chi connectivity index (χ0) is 25.5. The van der Waals surface area contributed by atoms with Crippen molar-refractivity contribution in [2.75, 3.05) is 62.3 Å². The number of anilines is 3. The Morgan fingerprint density at radius 1 is 1.03 bits per heavy atom. The van der Waals surface area contributed by atoms with Crippen LogP contribution in [-0.4, -0.2) is 75.3 Å². The van der Waals surface area contributed by atoms with Gasteiger partial charge >= 0.3 is 0 Å². The minimum Gasteiger partial charge on any atom is -1.00 e. The van der Waals surface area contributed by atoms with Gasteiger partial charge in [-0.15, -0.1) is 0 Å². The van der Waals surface area contributed by atoms with Crippen LogP contribution in [-0.2, 0) is 10.0 Å². The molecule has 35 heavy (non-hydrogen) atoms. The van der Waals surface area contributed by atoms with E-state index in [1.165, 1.54) is 10.6 Å². The van der Waals surface area contributed by atoms with E-state index in [0.29, 0.717) is 34.8 Å². The minimum absolute atomic E-state index is 0. The van der Waals surface area contributed by atoms with Crippen LogP contribution in [0.15, 0.2) is 24.3 Å². The van der Waals surface area contributed by atoms with Crippen molar-refractivity contribution in [3.8, 4) is 0 Å². The van der Waals surface area contributed by atoms with Crippen molar-refractivity contribution in [2.24, 2.45) is 0 Å². The first-order chi connectivity index (χ1) is 15.8. The second kappa shape index (κ2) is 13.4. The van der Waals surface area contributed by atoms with Gasteiger partial charge in [0.2, 0.25) is 10.0 Å². The van der Waals surface area contributed by atoms with Gasteiger partial charge in [0.05, 0.1) is 45.7 Å². The first-order valence-corrected chi connectivity index (χ1v) is 13.3. The molecule has 0 unspecified atom stereocenters. The number of hydrogen-bond donors (Lipinski definition) is 3. The Bertz CT molecular complexity index is 1100. The summed E-state index contributed by atoms with van der Waals surface area (Å²) in [6.07, 6.45) is 3.70. The van der Waals surface area contributed by atoms with Crippen molar-refractivity contribution in [1.29, 1.82) is 0 Å². The molecule has 1 aromatic carbocycles. The molecule has 0 atom stereocenters. The van der Waals surface area contributed by atoms with Crippen LogP contribution in [0, 0.1) is 0 Å². The van der Waals surface area contributed by atoms with Crippen LogP contribution < -0.4 is 38.1 Å². The van der Waals surface area contributed by atoms with Crippen molar-refractivity contribution in [2.45, 2.75) is 19.3 Å². The summed E-state index contributed by atoms with van der Waals surface area (Å²) in [5.74, 6) is -0.564. The fourth-order valence-corrected chi connectivity index (χ4v) is 4.56.